The van der Waals surface area contributed by atoms with Gasteiger partial charge in [0.25, 0.3) is 0 Å². The Balaban J connectivity index is 1.90. The molecule has 1 heterocycles. The third-order valence-corrected chi connectivity index (χ3v) is 5.31. The summed E-state index contributed by atoms with van der Waals surface area (Å²) < 4.78 is 0.898. The first kappa shape index (κ1) is 20.1. The van der Waals surface area contributed by atoms with Crippen molar-refractivity contribution in [2.75, 3.05) is 18.0 Å². The molecule has 6 nitrogen and oxygen atoms in total. The summed E-state index contributed by atoms with van der Waals surface area (Å²) in [6, 6.07) is 14.3. The number of anilines is 1. The number of amides is 2. The van der Waals surface area contributed by atoms with E-state index in [2.05, 4.69) is 15.9 Å². The molecule has 2 aromatic rings. The summed E-state index contributed by atoms with van der Waals surface area (Å²) >= 11 is 3.38. The van der Waals surface area contributed by atoms with Crippen molar-refractivity contribution in [2.24, 2.45) is 5.92 Å². The molecule has 0 saturated carbocycles. The highest BCUT2D eigenvalue weighted by molar-refractivity contribution is 9.10. The van der Waals surface area contributed by atoms with E-state index in [9.17, 15) is 19.5 Å². The average molecular weight is 445 g/mol. The number of hydrogen-bond donors (Lipinski definition) is 1. The van der Waals surface area contributed by atoms with Crippen molar-refractivity contribution in [3.8, 4) is 0 Å². The molecule has 3 rings (SSSR count). The molecule has 1 aliphatic rings. The molecule has 0 radical (unpaired) electrons. The lowest BCUT2D eigenvalue weighted by Gasteiger charge is -2.40. The summed E-state index contributed by atoms with van der Waals surface area (Å²) in [4.78, 5) is 39.6. The molecule has 1 fully saturated rings. The van der Waals surface area contributed by atoms with E-state index in [1.807, 2.05) is 36.4 Å². The van der Waals surface area contributed by atoms with Crippen LogP contribution in [-0.4, -0.2) is 40.9 Å². The number of urea groups is 1. The quantitative estimate of drug-likeness (QED) is 0.677. The highest BCUT2D eigenvalue weighted by Gasteiger charge is 2.34. The van der Waals surface area contributed by atoms with Gasteiger partial charge in [0.05, 0.1) is 6.42 Å². The maximum atomic E-state index is 13.1. The van der Waals surface area contributed by atoms with Crippen molar-refractivity contribution in [1.29, 1.82) is 0 Å². The summed E-state index contributed by atoms with van der Waals surface area (Å²) in [5.74, 6) is -1.16. The first-order valence-electron chi connectivity index (χ1n) is 8.98. The molecule has 1 atom stereocenters. The van der Waals surface area contributed by atoms with Gasteiger partial charge in [-0.2, -0.15) is 0 Å². The van der Waals surface area contributed by atoms with Gasteiger partial charge in [0.2, 0.25) is 0 Å². The fourth-order valence-electron chi connectivity index (χ4n) is 3.51. The van der Waals surface area contributed by atoms with E-state index in [4.69, 9.17) is 0 Å². The number of Topliss-reactive ketones (excluding diaryl/α,β-unsaturated/α-hetero) is 1. The van der Waals surface area contributed by atoms with Gasteiger partial charge in [0.15, 0.2) is 5.78 Å². The predicted molar refractivity (Wildman–Crippen MR) is 109 cm³/mol. The Morgan fingerprint density at radius 3 is 2.43 bits per heavy atom. The minimum atomic E-state index is -0.890. The maximum absolute atomic E-state index is 13.1. The number of hydrogen-bond acceptors (Lipinski definition) is 3. The van der Waals surface area contributed by atoms with Crippen LogP contribution < -0.4 is 4.90 Å². The second-order valence-electron chi connectivity index (χ2n) is 6.93. The first-order chi connectivity index (χ1) is 13.3. The number of nitrogens with zero attached hydrogens (tertiary/aromatic N) is 2. The van der Waals surface area contributed by atoms with E-state index < -0.39 is 5.97 Å². The second-order valence-corrected chi connectivity index (χ2v) is 7.84. The van der Waals surface area contributed by atoms with Crippen LogP contribution in [0.15, 0.2) is 53.0 Å². The molecule has 1 N–H and O–H groups in total. The Kier molecular flexibility index (Phi) is 6.14. The lowest BCUT2D eigenvalue weighted by molar-refractivity contribution is -0.138. The molecule has 0 aromatic heterocycles. The van der Waals surface area contributed by atoms with Crippen molar-refractivity contribution < 1.29 is 19.5 Å². The molecule has 28 heavy (non-hydrogen) atoms. The maximum Gasteiger partial charge on any atom is 0.324 e. The van der Waals surface area contributed by atoms with Crippen LogP contribution in [0, 0.1) is 5.92 Å². The number of halogens is 1. The molecule has 1 unspecified atom stereocenters. The fraction of sp³-hybridized carbons (Fsp3) is 0.286. The molecule has 7 heteroatoms. The molecule has 146 valence electrons. The van der Waals surface area contributed by atoms with E-state index in [-0.39, 0.29) is 30.7 Å². The minimum Gasteiger partial charge on any atom is -0.481 e. The summed E-state index contributed by atoms with van der Waals surface area (Å²) in [7, 11) is 0. The van der Waals surface area contributed by atoms with Gasteiger partial charge >= 0.3 is 12.0 Å². The third-order valence-electron chi connectivity index (χ3n) is 4.78. The summed E-state index contributed by atoms with van der Waals surface area (Å²) in [5, 5.41) is 9.24. The van der Waals surface area contributed by atoms with Crippen LogP contribution in [0.1, 0.15) is 29.3 Å². The highest BCUT2D eigenvalue weighted by Crippen LogP contribution is 2.27. The summed E-state index contributed by atoms with van der Waals surface area (Å²) in [6.45, 7) is 2.44. The van der Waals surface area contributed by atoms with Crippen molar-refractivity contribution in [2.45, 2.75) is 19.9 Å². The van der Waals surface area contributed by atoms with Crippen molar-refractivity contribution in [3.05, 3.63) is 64.1 Å². The molecule has 0 aliphatic carbocycles. The number of carbonyl (C=O) groups is 3. The van der Waals surface area contributed by atoms with Gasteiger partial charge in [-0.3, -0.25) is 14.5 Å². The molecule has 1 aliphatic heterocycles. The van der Waals surface area contributed by atoms with E-state index in [0.717, 1.165) is 10.0 Å². The lowest BCUT2D eigenvalue weighted by Crippen LogP contribution is -2.53. The number of carboxylic acids is 1. The van der Waals surface area contributed by atoms with E-state index in [1.165, 1.54) is 6.92 Å². The average Bonchev–Trinajstić information content (AvgIpc) is 2.65. The number of carbonyl (C=O) groups excluding carboxylic acids is 2. The van der Waals surface area contributed by atoms with Crippen LogP contribution in [0.5, 0.6) is 0 Å². The normalized spacial score (nSPS) is 16.9. The first-order valence-corrected chi connectivity index (χ1v) is 9.77. The number of benzene rings is 2. The van der Waals surface area contributed by atoms with Crippen LogP contribution in [0.4, 0.5) is 10.5 Å². The van der Waals surface area contributed by atoms with Gasteiger partial charge in [0.1, 0.15) is 0 Å². The van der Waals surface area contributed by atoms with Crippen molar-refractivity contribution in [3.63, 3.8) is 0 Å². The zero-order valence-electron chi connectivity index (χ0n) is 15.5. The van der Waals surface area contributed by atoms with E-state index >= 15 is 0 Å². The standard InChI is InChI=1S/C21H21BrN2O4/c1-14(25)19-5-3-2-4-16(19)13-23-11-15(10-20(26)27)12-24(21(23)28)18-8-6-17(22)7-9-18/h2-9,15H,10-13H2,1H3,(H,26,27). The van der Waals surface area contributed by atoms with E-state index in [0.29, 0.717) is 24.3 Å². The van der Waals surface area contributed by atoms with Crippen LogP contribution in [0.3, 0.4) is 0 Å². The SMILES string of the molecule is CC(=O)c1ccccc1CN1CC(CC(=O)O)CN(c2ccc(Br)cc2)C1=O. The molecule has 2 aromatic carbocycles. The molecule has 0 bridgehead atoms. The summed E-state index contributed by atoms with van der Waals surface area (Å²) in [6.07, 6.45) is -0.0227. The zero-order chi connectivity index (χ0) is 20.3. The largest absolute Gasteiger partial charge is 0.481 e. The van der Waals surface area contributed by atoms with Gasteiger partial charge < -0.3 is 10.0 Å². The molecule has 2 amide bonds. The fourth-order valence-corrected chi connectivity index (χ4v) is 3.77. The molecular weight excluding hydrogens is 424 g/mol. The monoisotopic (exact) mass is 444 g/mol. The Bertz CT molecular complexity index is 898. The topological polar surface area (TPSA) is 77.9 Å². The van der Waals surface area contributed by atoms with E-state index in [1.54, 1.807) is 21.9 Å². The minimum absolute atomic E-state index is 0.0227. The zero-order valence-corrected chi connectivity index (χ0v) is 17.1. The Morgan fingerprint density at radius 2 is 1.79 bits per heavy atom. The highest BCUT2D eigenvalue weighted by atomic mass is 79.9. The van der Waals surface area contributed by atoms with Crippen LogP contribution in [0.25, 0.3) is 0 Å². The van der Waals surface area contributed by atoms with Crippen LogP contribution in [0.2, 0.25) is 0 Å². The van der Waals surface area contributed by atoms with Gasteiger partial charge in [-0.25, -0.2) is 4.79 Å². The van der Waals surface area contributed by atoms with Crippen LogP contribution >= 0.6 is 15.9 Å². The van der Waals surface area contributed by atoms with Gasteiger partial charge in [-0.05, 0) is 36.8 Å². The van der Waals surface area contributed by atoms with Gasteiger partial charge in [0, 0.05) is 41.3 Å². The Hall–Kier alpha value is -2.67. The summed E-state index contributed by atoms with van der Waals surface area (Å²) in [5.41, 5.74) is 2.05. The van der Waals surface area contributed by atoms with Crippen molar-refractivity contribution in [1.82, 2.24) is 4.90 Å². The Labute approximate surface area is 171 Å². The number of aliphatic carboxylic acids is 1. The molecule has 1 saturated heterocycles. The number of carboxylic acid groups (broad SMARTS) is 1. The number of ketones is 1. The van der Waals surface area contributed by atoms with Crippen molar-refractivity contribution >= 4 is 39.4 Å². The van der Waals surface area contributed by atoms with Gasteiger partial charge in [-0.1, -0.05) is 40.2 Å². The molecular formula is C21H21BrN2O4. The van der Waals surface area contributed by atoms with Gasteiger partial charge in [-0.15, -0.1) is 0 Å². The Morgan fingerprint density at radius 1 is 1.11 bits per heavy atom. The number of rotatable bonds is 6. The smallest absolute Gasteiger partial charge is 0.324 e. The second kappa shape index (κ2) is 8.56. The third kappa shape index (κ3) is 4.59. The van der Waals surface area contributed by atoms with Crippen LogP contribution in [-0.2, 0) is 11.3 Å². The lowest BCUT2D eigenvalue weighted by atomic mass is 9.99. The molecule has 0 spiro atoms. The predicted octanol–water partition coefficient (Wildman–Crippen LogP) is 4.18.